The maximum absolute atomic E-state index is 13.6. The van der Waals surface area contributed by atoms with E-state index in [0.29, 0.717) is 25.8 Å². The second kappa shape index (κ2) is 17.0. The van der Waals surface area contributed by atoms with Gasteiger partial charge in [-0.1, -0.05) is 55.7 Å². The molecule has 6 atom stereocenters. The third-order valence-corrected chi connectivity index (χ3v) is 9.50. The monoisotopic (exact) mass is 644 g/mol. The van der Waals surface area contributed by atoms with E-state index >= 15 is 0 Å². The van der Waals surface area contributed by atoms with Gasteiger partial charge < -0.3 is 36.6 Å². The predicted octanol–water partition coefficient (Wildman–Crippen LogP) is 1.22. The van der Waals surface area contributed by atoms with Crippen LogP contribution in [-0.4, -0.2) is 89.5 Å². The van der Waals surface area contributed by atoms with Gasteiger partial charge in [0.25, 0.3) is 0 Å². The Hall–Kier alpha value is -2.68. The number of alkyl carbamates (subject to hydrolysis) is 1. The molecule has 0 aromatic heterocycles. The van der Waals surface area contributed by atoms with Gasteiger partial charge in [-0.25, -0.2) is 4.79 Å². The summed E-state index contributed by atoms with van der Waals surface area (Å²) >= 11 is 0. The summed E-state index contributed by atoms with van der Waals surface area (Å²) in [5.41, 5.74) is -0.628. The third-order valence-electron chi connectivity index (χ3n) is 7.08. The normalized spacial score (nSPS) is 26.8. The molecule has 2 heterocycles. The number of ether oxygens (including phenoxy) is 1. The molecule has 43 heavy (non-hydrogen) atoms. The first-order valence-corrected chi connectivity index (χ1v) is 17.3. The van der Waals surface area contributed by atoms with Crippen molar-refractivity contribution in [1.82, 2.24) is 31.9 Å². The summed E-state index contributed by atoms with van der Waals surface area (Å²) in [6.07, 6.45) is 1.22. The van der Waals surface area contributed by atoms with Gasteiger partial charge in [0.2, 0.25) is 29.5 Å². The smallest absolute Gasteiger partial charge is 0.407 e. The zero-order valence-corrected chi connectivity index (χ0v) is 27.8. The predicted molar refractivity (Wildman–Crippen MR) is 167 cm³/mol. The van der Waals surface area contributed by atoms with Crippen molar-refractivity contribution < 1.29 is 33.5 Å². The molecule has 6 amide bonds. The molecule has 0 saturated carbocycles. The quantitative estimate of drug-likeness (QED) is 0.167. The molecule has 6 N–H and O–H groups in total. The third kappa shape index (κ3) is 12.1. The average molecular weight is 645 g/mol. The molecule has 15 heteroatoms. The molecule has 2 bridgehead atoms. The summed E-state index contributed by atoms with van der Waals surface area (Å²) < 4.78 is 5.24. The Morgan fingerprint density at radius 2 is 1.35 bits per heavy atom. The molecule has 0 unspecified atom stereocenters. The molecule has 0 radical (unpaired) electrons. The number of rotatable bonds is 8. The van der Waals surface area contributed by atoms with Crippen LogP contribution in [0.2, 0.25) is 0 Å². The molecule has 0 aromatic rings. The lowest BCUT2D eigenvalue weighted by molar-refractivity contribution is -0.135. The number of amides is 6. The molecule has 2 rings (SSSR count). The molecule has 2 aliphatic heterocycles. The SMILES string of the molecule is CC[C@H](C)[C@@H]1NC(=O)[C@@H](CCCCNC(=O)OC(C)(C)C)NC(=O)[C@H](C(C)C)NC(=O)[C@H]2CSSC[C@@H](NC1=O)C(=O)N2. The van der Waals surface area contributed by atoms with Crippen LogP contribution in [0.5, 0.6) is 0 Å². The van der Waals surface area contributed by atoms with E-state index in [9.17, 15) is 28.8 Å². The standard InChI is InChI=1S/C28H48N6O7S2/c1-8-16(4)21-26(39)32-18-13-42-43-14-19(31-23(18)36)24(37)33-20(15(2)3)25(38)30-17(22(35)34-21)11-9-10-12-29-27(40)41-28(5,6)7/h15-21H,8-14H2,1-7H3,(H,29,40)(H,30,38)(H,31,36)(H,32,39)(H,33,37)(H,34,35)/t16-,17+,18+,19+,20-,21-/m0/s1. The molecular weight excluding hydrogens is 596 g/mol. The Bertz CT molecular complexity index is 1020. The van der Waals surface area contributed by atoms with E-state index in [1.54, 1.807) is 34.6 Å². The van der Waals surface area contributed by atoms with E-state index in [2.05, 4.69) is 31.9 Å². The molecule has 244 valence electrons. The van der Waals surface area contributed by atoms with Gasteiger partial charge in [-0.2, -0.15) is 0 Å². The van der Waals surface area contributed by atoms with Crippen LogP contribution in [0.3, 0.4) is 0 Å². The van der Waals surface area contributed by atoms with Crippen molar-refractivity contribution in [2.75, 3.05) is 18.1 Å². The minimum Gasteiger partial charge on any atom is -0.444 e. The lowest BCUT2D eigenvalue weighted by Crippen LogP contribution is -2.60. The second-order valence-corrected chi connectivity index (χ2v) is 14.8. The topological polar surface area (TPSA) is 184 Å². The summed E-state index contributed by atoms with van der Waals surface area (Å²) in [5, 5.41) is 16.5. The van der Waals surface area contributed by atoms with E-state index in [4.69, 9.17) is 4.74 Å². The minimum absolute atomic E-state index is 0.222. The van der Waals surface area contributed by atoms with Crippen molar-refractivity contribution >= 4 is 57.2 Å². The summed E-state index contributed by atoms with van der Waals surface area (Å²) in [7, 11) is 2.75. The maximum Gasteiger partial charge on any atom is 0.407 e. The van der Waals surface area contributed by atoms with Crippen LogP contribution >= 0.6 is 21.6 Å². The fraction of sp³-hybridized carbons (Fsp3) is 0.786. The van der Waals surface area contributed by atoms with E-state index in [0.717, 1.165) is 0 Å². The lowest BCUT2D eigenvalue weighted by Gasteiger charge is -2.29. The van der Waals surface area contributed by atoms with Crippen molar-refractivity contribution in [2.45, 2.75) is 110 Å². The number of nitrogens with one attached hydrogen (secondary N) is 6. The summed E-state index contributed by atoms with van der Waals surface area (Å²) in [5.74, 6) is -2.67. The molecule has 2 fully saturated rings. The number of unbranched alkanes of at least 4 members (excludes halogenated alkanes) is 1. The van der Waals surface area contributed by atoms with Gasteiger partial charge in [-0.3, -0.25) is 24.0 Å². The second-order valence-electron chi connectivity index (χ2n) is 12.3. The van der Waals surface area contributed by atoms with Gasteiger partial charge >= 0.3 is 6.09 Å². The minimum atomic E-state index is -1.01. The Morgan fingerprint density at radius 1 is 0.814 bits per heavy atom. The number of carbonyl (C=O) groups excluding carboxylic acids is 6. The summed E-state index contributed by atoms with van der Waals surface area (Å²) in [6, 6.07) is -4.76. The van der Waals surface area contributed by atoms with E-state index in [1.807, 2.05) is 13.8 Å². The number of carbonyl (C=O) groups is 6. The van der Waals surface area contributed by atoms with Crippen LogP contribution in [0, 0.1) is 11.8 Å². The van der Waals surface area contributed by atoms with Crippen LogP contribution in [0.15, 0.2) is 0 Å². The highest BCUT2D eigenvalue weighted by molar-refractivity contribution is 8.76. The number of hydrogen-bond donors (Lipinski definition) is 6. The fourth-order valence-corrected chi connectivity index (χ4v) is 6.71. The Labute approximate surface area is 262 Å². The van der Waals surface area contributed by atoms with Crippen molar-refractivity contribution in [3.8, 4) is 0 Å². The summed E-state index contributed by atoms with van der Waals surface area (Å²) in [4.78, 5) is 78.8. The highest BCUT2D eigenvalue weighted by Gasteiger charge is 2.37. The van der Waals surface area contributed by atoms with E-state index in [-0.39, 0.29) is 29.8 Å². The van der Waals surface area contributed by atoms with Crippen molar-refractivity contribution in [3.05, 3.63) is 0 Å². The first-order valence-electron chi connectivity index (χ1n) is 14.9. The van der Waals surface area contributed by atoms with Crippen molar-refractivity contribution in [3.63, 3.8) is 0 Å². The van der Waals surface area contributed by atoms with Gasteiger partial charge in [0.05, 0.1) is 0 Å². The van der Waals surface area contributed by atoms with Gasteiger partial charge in [-0.15, -0.1) is 0 Å². The molecule has 0 aromatic carbocycles. The van der Waals surface area contributed by atoms with Crippen LogP contribution in [0.25, 0.3) is 0 Å². The number of hydrogen-bond acceptors (Lipinski definition) is 9. The zero-order valence-electron chi connectivity index (χ0n) is 26.2. The zero-order chi connectivity index (χ0) is 32.3. The molecule has 13 nitrogen and oxygen atoms in total. The van der Waals surface area contributed by atoms with E-state index < -0.39 is 71.4 Å². The fourth-order valence-electron chi connectivity index (χ4n) is 4.38. The van der Waals surface area contributed by atoms with Crippen molar-refractivity contribution in [1.29, 1.82) is 0 Å². The molecule has 2 saturated heterocycles. The summed E-state index contributed by atoms with van der Waals surface area (Å²) in [6.45, 7) is 12.9. The van der Waals surface area contributed by atoms with Crippen LogP contribution in [0.4, 0.5) is 4.79 Å². The maximum atomic E-state index is 13.6. The van der Waals surface area contributed by atoms with Gasteiger partial charge in [-0.05, 0) is 51.9 Å². The highest BCUT2D eigenvalue weighted by atomic mass is 33.1. The Kier molecular flexibility index (Phi) is 14.4. The van der Waals surface area contributed by atoms with Crippen LogP contribution in [-0.2, 0) is 28.7 Å². The number of fused-ring (bicyclic) bond motifs is 3. The Balaban J connectivity index is 2.31. The molecule has 2 aliphatic rings. The Morgan fingerprint density at radius 3 is 1.91 bits per heavy atom. The first kappa shape index (κ1) is 36.5. The first-order chi connectivity index (χ1) is 20.1. The largest absolute Gasteiger partial charge is 0.444 e. The van der Waals surface area contributed by atoms with Gasteiger partial charge in [0.1, 0.15) is 35.8 Å². The molecule has 0 aliphatic carbocycles. The van der Waals surface area contributed by atoms with Crippen LogP contribution < -0.4 is 31.9 Å². The van der Waals surface area contributed by atoms with Crippen LogP contribution in [0.1, 0.15) is 74.1 Å². The highest BCUT2D eigenvalue weighted by Crippen LogP contribution is 2.25. The average Bonchev–Trinajstić information content (AvgIpc) is 2.90. The van der Waals surface area contributed by atoms with E-state index in [1.165, 1.54) is 21.6 Å². The van der Waals surface area contributed by atoms with Crippen molar-refractivity contribution in [2.24, 2.45) is 11.8 Å². The molecular formula is C28H48N6O7S2. The van der Waals surface area contributed by atoms with Gasteiger partial charge in [0, 0.05) is 18.1 Å². The van der Waals surface area contributed by atoms with Gasteiger partial charge in [0.15, 0.2) is 0 Å². The molecule has 0 spiro atoms. The lowest BCUT2D eigenvalue weighted by atomic mass is 9.96.